The Morgan fingerprint density at radius 3 is 2.67 bits per heavy atom. The standard InChI is InChI=1S/C17H15BrN2O/c1-10-6-14-15(7-11(10)2)20-17(21)16(19-14)9-12-4-3-5-13(18)8-12/h3-8H,9H2,1-2H3,(H,20,21). The summed E-state index contributed by atoms with van der Waals surface area (Å²) in [5, 5.41) is 0. The van der Waals surface area contributed by atoms with E-state index in [9.17, 15) is 4.79 Å². The van der Waals surface area contributed by atoms with Crippen molar-refractivity contribution < 1.29 is 0 Å². The van der Waals surface area contributed by atoms with Crippen molar-refractivity contribution in [1.29, 1.82) is 0 Å². The van der Waals surface area contributed by atoms with Crippen molar-refractivity contribution in [3.63, 3.8) is 0 Å². The molecule has 0 fully saturated rings. The molecule has 0 radical (unpaired) electrons. The van der Waals surface area contributed by atoms with E-state index in [4.69, 9.17) is 0 Å². The van der Waals surface area contributed by atoms with Gasteiger partial charge in [0.1, 0.15) is 5.69 Å². The number of hydrogen-bond acceptors (Lipinski definition) is 2. The molecule has 1 aromatic heterocycles. The van der Waals surface area contributed by atoms with Gasteiger partial charge in [-0.1, -0.05) is 28.1 Å². The third-order valence-electron chi connectivity index (χ3n) is 3.64. The number of aryl methyl sites for hydroxylation is 2. The fourth-order valence-electron chi connectivity index (χ4n) is 2.34. The molecule has 106 valence electrons. The first-order valence-electron chi connectivity index (χ1n) is 6.77. The van der Waals surface area contributed by atoms with Crippen LogP contribution in [-0.4, -0.2) is 9.97 Å². The van der Waals surface area contributed by atoms with Gasteiger partial charge in [-0.15, -0.1) is 0 Å². The van der Waals surface area contributed by atoms with Gasteiger partial charge in [0.25, 0.3) is 5.56 Å². The smallest absolute Gasteiger partial charge is 0.270 e. The van der Waals surface area contributed by atoms with Gasteiger partial charge in [-0.05, 0) is 54.8 Å². The average molecular weight is 343 g/mol. The first-order valence-corrected chi connectivity index (χ1v) is 7.57. The number of hydrogen-bond donors (Lipinski definition) is 1. The lowest BCUT2D eigenvalue weighted by Crippen LogP contribution is -2.15. The van der Waals surface area contributed by atoms with E-state index in [2.05, 4.69) is 32.8 Å². The summed E-state index contributed by atoms with van der Waals surface area (Å²) in [5.41, 5.74) is 5.44. The number of rotatable bonds is 2. The number of H-pyrrole nitrogens is 1. The van der Waals surface area contributed by atoms with Crippen molar-refractivity contribution in [2.75, 3.05) is 0 Å². The zero-order chi connectivity index (χ0) is 15.0. The fourth-order valence-corrected chi connectivity index (χ4v) is 2.79. The summed E-state index contributed by atoms with van der Waals surface area (Å²) in [5.74, 6) is 0. The highest BCUT2D eigenvalue weighted by Gasteiger charge is 2.07. The van der Waals surface area contributed by atoms with Gasteiger partial charge in [0.2, 0.25) is 0 Å². The molecule has 0 unspecified atom stereocenters. The molecule has 0 saturated heterocycles. The minimum atomic E-state index is -0.120. The van der Waals surface area contributed by atoms with Crippen LogP contribution in [0.2, 0.25) is 0 Å². The quantitative estimate of drug-likeness (QED) is 0.767. The monoisotopic (exact) mass is 342 g/mol. The van der Waals surface area contributed by atoms with E-state index < -0.39 is 0 Å². The topological polar surface area (TPSA) is 45.8 Å². The summed E-state index contributed by atoms with van der Waals surface area (Å²) in [4.78, 5) is 19.7. The van der Waals surface area contributed by atoms with Crippen molar-refractivity contribution in [2.45, 2.75) is 20.3 Å². The number of halogens is 1. The molecule has 0 spiro atoms. The first kappa shape index (κ1) is 14.0. The van der Waals surface area contributed by atoms with Gasteiger partial charge in [0, 0.05) is 10.9 Å². The molecule has 0 saturated carbocycles. The lowest BCUT2D eigenvalue weighted by molar-refractivity contribution is 1.03. The van der Waals surface area contributed by atoms with Crippen LogP contribution in [0.3, 0.4) is 0 Å². The van der Waals surface area contributed by atoms with Crippen LogP contribution < -0.4 is 5.56 Å². The van der Waals surface area contributed by atoms with Gasteiger partial charge in [-0.2, -0.15) is 0 Å². The summed E-state index contributed by atoms with van der Waals surface area (Å²) < 4.78 is 1.00. The molecule has 0 atom stereocenters. The molecule has 2 aromatic carbocycles. The highest BCUT2D eigenvalue weighted by atomic mass is 79.9. The third kappa shape index (κ3) is 2.90. The Morgan fingerprint density at radius 1 is 1.14 bits per heavy atom. The van der Waals surface area contributed by atoms with Gasteiger partial charge >= 0.3 is 0 Å². The van der Waals surface area contributed by atoms with Gasteiger partial charge in [0.05, 0.1) is 11.0 Å². The fraction of sp³-hybridized carbons (Fsp3) is 0.176. The maximum atomic E-state index is 12.2. The van der Waals surface area contributed by atoms with Crippen LogP contribution in [-0.2, 0) is 6.42 Å². The highest BCUT2D eigenvalue weighted by Crippen LogP contribution is 2.17. The van der Waals surface area contributed by atoms with E-state index in [1.807, 2.05) is 43.3 Å². The van der Waals surface area contributed by atoms with Crippen LogP contribution in [0.4, 0.5) is 0 Å². The van der Waals surface area contributed by atoms with Crippen LogP contribution in [0.25, 0.3) is 11.0 Å². The molecule has 0 aliphatic rings. The summed E-state index contributed by atoms with van der Waals surface area (Å²) in [7, 11) is 0. The Balaban J connectivity index is 2.08. The number of benzene rings is 2. The zero-order valence-corrected chi connectivity index (χ0v) is 13.5. The Morgan fingerprint density at radius 2 is 1.90 bits per heavy atom. The van der Waals surface area contributed by atoms with E-state index in [0.717, 1.165) is 26.6 Å². The van der Waals surface area contributed by atoms with Crippen molar-refractivity contribution >= 4 is 27.0 Å². The molecular weight excluding hydrogens is 328 g/mol. The van der Waals surface area contributed by atoms with E-state index in [1.54, 1.807) is 0 Å². The van der Waals surface area contributed by atoms with E-state index in [1.165, 1.54) is 5.56 Å². The average Bonchev–Trinajstić information content (AvgIpc) is 2.42. The normalized spacial score (nSPS) is 11.0. The minimum Gasteiger partial charge on any atom is -0.319 e. The molecule has 0 amide bonds. The minimum absolute atomic E-state index is 0.120. The maximum Gasteiger partial charge on any atom is 0.270 e. The van der Waals surface area contributed by atoms with Crippen LogP contribution in [0.1, 0.15) is 22.4 Å². The van der Waals surface area contributed by atoms with Gasteiger partial charge in [-0.25, -0.2) is 4.98 Å². The maximum absolute atomic E-state index is 12.2. The molecule has 1 N–H and O–H groups in total. The second-order valence-electron chi connectivity index (χ2n) is 5.27. The molecule has 0 bridgehead atoms. The molecule has 3 aromatic rings. The summed E-state index contributed by atoms with van der Waals surface area (Å²) in [6, 6.07) is 11.9. The predicted molar refractivity (Wildman–Crippen MR) is 88.8 cm³/mol. The largest absolute Gasteiger partial charge is 0.319 e. The third-order valence-corrected chi connectivity index (χ3v) is 4.13. The Bertz CT molecular complexity index is 884. The summed E-state index contributed by atoms with van der Waals surface area (Å²) >= 11 is 3.44. The van der Waals surface area contributed by atoms with Crippen molar-refractivity contribution in [2.24, 2.45) is 0 Å². The molecule has 3 nitrogen and oxygen atoms in total. The van der Waals surface area contributed by atoms with E-state index >= 15 is 0 Å². The molecule has 0 aliphatic heterocycles. The molecular formula is C17H15BrN2O. The lowest BCUT2D eigenvalue weighted by Gasteiger charge is -2.06. The van der Waals surface area contributed by atoms with Gasteiger partial charge in [0.15, 0.2) is 0 Å². The van der Waals surface area contributed by atoms with Crippen molar-refractivity contribution in [3.05, 3.63) is 73.6 Å². The number of fused-ring (bicyclic) bond motifs is 1. The summed E-state index contributed by atoms with van der Waals surface area (Å²) in [6.07, 6.45) is 0.525. The highest BCUT2D eigenvalue weighted by molar-refractivity contribution is 9.10. The number of aromatic nitrogens is 2. The zero-order valence-electron chi connectivity index (χ0n) is 11.9. The van der Waals surface area contributed by atoms with Crippen LogP contribution in [0.5, 0.6) is 0 Å². The van der Waals surface area contributed by atoms with Crippen LogP contribution >= 0.6 is 15.9 Å². The van der Waals surface area contributed by atoms with Crippen molar-refractivity contribution in [3.8, 4) is 0 Å². The molecule has 3 rings (SSSR count). The Kier molecular flexibility index (Phi) is 3.64. The van der Waals surface area contributed by atoms with Crippen LogP contribution in [0.15, 0.2) is 45.7 Å². The second-order valence-corrected chi connectivity index (χ2v) is 6.19. The molecule has 21 heavy (non-hydrogen) atoms. The molecule has 0 aliphatic carbocycles. The number of nitrogens with zero attached hydrogens (tertiary/aromatic N) is 1. The first-order chi connectivity index (χ1) is 10.0. The Labute approximate surface area is 131 Å². The molecule has 4 heteroatoms. The van der Waals surface area contributed by atoms with Gasteiger partial charge < -0.3 is 4.98 Å². The van der Waals surface area contributed by atoms with E-state index in [0.29, 0.717) is 12.1 Å². The van der Waals surface area contributed by atoms with Crippen molar-refractivity contribution in [1.82, 2.24) is 9.97 Å². The van der Waals surface area contributed by atoms with Crippen LogP contribution in [0, 0.1) is 13.8 Å². The number of aromatic amines is 1. The number of nitrogens with one attached hydrogen (secondary N) is 1. The van der Waals surface area contributed by atoms with E-state index in [-0.39, 0.29) is 5.56 Å². The molecule has 1 heterocycles. The summed E-state index contributed by atoms with van der Waals surface area (Å²) in [6.45, 7) is 4.08. The Hall–Kier alpha value is -1.94. The SMILES string of the molecule is Cc1cc2nc(Cc3cccc(Br)c3)c(=O)[nH]c2cc1C. The van der Waals surface area contributed by atoms with Gasteiger partial charge in [-0.3, -0.25) is 4.79 Å². The predicted octanol–water partition coefficient (Wildman–Crippen LogP) is 3.89. The second kappa shape index (κ2) is 5.45. The lowest BCUT2D eigenvalue weighted by atomic mass is 10.1.